The van der Waals surface area contributed by atoms with Crippen molar-refractivity contribution in [1.82, 2.24) is 10.7 Å². The Morgan fingerprint density at radius 2 is 1.67 bits per heavy atom. The molecule has 3 aromatic rings. The fourth-order valence-corrected chi connectivity index (χ4v) is 4.08. The maximum atomic E-state index is 13.0. The molecule has 1 aliphatic rings. The van der Waals surface area contributed by atoms with E-state index >= 15 is 0 Å². The Morgan fingerprint density at radius 3 is 2.30 bits per heavy atom. The third kappa shape index (κ3) is 5.03. The first kappa shape index (κ1) is 22.5. The van der Waals surface area contributed by atoms with Crippen LogP contribution in [0, 0.1) is 13.8 Å². The monoisotopic (exact) mass is 440 g/mol. The maximum Gasteiger partial charge on any atom is 0.304 e. The molecule has 5 heteroatoms. The van der Waals surface area contributed by atoms with Crippen molar-refractivity contribution in [1.29, 1.82) is 0 Å². The first-order chi connectivity index (χ1) is 15.8. The summed E-state index contributed by atoms with van der Waals surface area (Å²) >= 11 is 0. The number of hydrogen-bond donors (Lipinski definition) is 2. The van der Waals surface area contributed by atoms with Crippen LogP contribution in [0.2, 0.25) is 0 Å². The van der Waals surface area contributed by atoms with Crippen molar-refractivity contribution in [2.24, 2.45) is 0 Å². The van der Waals surface area contributed by atoms with E-state index in [9.17, 15) is 9.59 Å². The molecular weight excluding hydrogens is 410 g/mol. The van der Waals surface area contributed by atoms with E-state index in [4.69, 9.17) is 0 Å². The van der Waals surface area contributed by atoms with E-state index in [1.807, 2.05) is 74.7 Å². The Morgan fingerprint density at radius 1 is 0.970 bits per heavy atom. The lowest BCUT2D eigenvalue weighted by Gasteiger charge is -2.15. The Kier molecular flexibility index (Phi) is 6.40. The SMILES string of the molecule is Cc1ccc([C@@H]2[C@H](NC(=O)c3cccc(C)c3)C(=O)N/[N+]2=C\c2ccc(C(C)C)cc2)cc1. The normalized spacial score (nSPS) is 19.1. The second kappa shape index (κ2) is 9.41. The van der Waals surface area contributed by atoms with Gasteiger partial charge in [0, 0.05) is 16.7 Å². The van der Waals surface area contributed by atoms with Gasteiger partial charge in [-0.2, -0.15) is 0 Å². The van der Waals surface area contributed by atoms with Crippen molar-refractivity contribution in [3.05, 3.63) is 106 Å². The van der Waals surface area contributed by atoms with Crippen LogP contribution in [0.3, 0.4) is 0 Å². The molecule has 2 N–H and O–H groups in total. The highest BCUT2D eigenvalue weighted by Gasteiger charge is 2.47. The zero-order valence-corrected chi connectivity index (χ0v) is 19.5. The van der Waals surface area contributed by atoms with Crippen LogP contribution in [0.25, 0.3) is 0 Å². The summed E-state index contributed by atoms with van der Waals surface area (Å²) in [7, 11) is 0. The first-order valence-corrected chi connectivity index (χ1v) is 11.3. The first-order valence-electron chi connectivity index (χ1n) is 11.3. The van der Waals surface area contributed by atoms with Crippen molar-refractivity contribution >= 4 is 18.0 Å². The molecule has 0 unspecified atom stereocenters. The molecule has 3 aromatic carbocycles. The molecule has 0 radical (unpaired) electrons. The summed E-state index contributed by atoms with van der Waals surface area (Å²) in [5.41, 5.74) is 8.80. The quantitative estimate of drug-likeness (QED) is 0.576. The van der Waals surface area contributed by atoms with Gasteiger partial charge >= 0.3 is 5.91 Å². The molecule has 1 aliphatic heterocycles. The van der Waals surface area contributed by atoms with Gasteiger partial charge in [-0.3, -0.25) is 9.59 Å². The molecule has 168 valence electrons. The molecule has 0 spiro atoms. The predicted molar refractivity (Wildman–Crippen MR) is 130 cm³/mol. The maximum absolute atomic E-state index is 13.0. The van der Waals surface area contributed by atoms with Crippen LogP contribution in [-0.4, -0.2) is 28.8 Å². The van der Waals surface area contributed by atoms with Crippen LogP contribution in [0.15, 0.2) is 72.8 Å². The second-order valence-electron chi connectivity index (χ2n) is 9.01. The summed E-state index contributed by atoms with van der Waals surface area (Å²) in [6.45, 7) is 8.29. The molecule has 33 heavy (non-hydrogen) atoms. The Balaban J connectivity index is 1.69. The van der Waals surface area contributed by atoms with Crippen molar-refractivity contribution in [3.8, 4) is 0 Å². The number of hydrazone groups is 1. The van der Waals surface area contributed by atoms with E-state index < -0.39 is 6.04 Å². The summed E-state index contributed by atoms with van der Waals surface area (Å²) < 4.78 is 1.80. The topological polar surface area (TPSA) is 61.2 Å². The van der Waals surface area contributed by atoms with Crippen molar-refractivity contribution in [2.45, 2.75) is 45.7 Å². The number of carbonyl (C=O) groups excluding carboxylic acids is 2. The van der Waals surface area contributed by atoms with Crippen molar-refractivity contribution in [2.75, 3.05) is 0 Å². The third-order valence-corrected chi connectivity index (χ3v) is 6.01. The number of nitrogens with one attached hydrogen (secondary N) is 2. The van der Waals surface area contributed by atoms with E-state index in [-0.39, 0.29) is 17.9 Å². The lowest BCUT2D eigenvalue weighted by molar-refractivity contribution is -0.596. The van der Waals surface area contributed by atoms with Crippen LogP contribution in [0.5, 0.6) is 0 Å². The minimum atomic E-state index is -0.730. The lowest BCUT2D eigenvalue weighted by Crippen LogP contribution is -2.42. The van der Waals surface area contributed by atoms with Gasteiger partial charge in [0.05, 0.1) is 0 Å². The van der Waals surface area contributed by atoms with Gasteiger partial charge in [0.15, 0.2) is 6.04 Å². The van der Waals surface area contributed by atoms with Crippen LogP contribution in [-0.2, 0) is 4.79 Å². The number of benzene rings is 3. The van der Waals surface area contributed by atoms with Gasteiger partial charge in [-0.15, -0.1) is 10.1 Å². The average Bonchev–Trinajstić information content (AvgIpc) is 3.09. The van der Waals surface area contributed by atoms with Gasteiger partial charge in [-0.1, -0.05) is 73.5 Å². The van der Waals surface area contributed by atoms with Crippen LogP contribution in [0.4, 0.5) is 0 Å². The molecule has 0 aliphatic carbocycles. The van der Waals surface area contributed by atoms with Crippen LogP contribution < -0.4 is 10.7 Å². The third-order valence-electron chi connectivity index (χ3n) is 6.01. The van der Waals surface area contributed by atoms with Gasteiger partial charge in [-0.05, 0) is 49.6 Å². The standard InChI is InChI=1S/C28H29N3O2/c1-18(2)22-14-10-21(11-15-22)17-31-26(23-12-8-19(3)9-13-23)25(28(33)30-31)29-27(32)24-7-5-6-20(4)16-24/h5-18,25-26H,1-4H3,(H-,29,30,32,33)/p+1/b31-17-/t25-,26+/m0/s1. The number of carbonyl (C=O) groups is 2. The van der Waals surface area contributed by atoms with E-state index in [1.54, 1.807) is 10.8 Å². The molecule has 5 nitrogen and oxygen atoms in total. The van der Waals surface area contributed by atoms with Gasteiger partial charge in [0.25, 0.3) is 5.91 Å². The highest BCUT2D eigenvalue weighted by atomic mass is 16.2. The number of hydrogen-bond acceptors (Lipinski definition) is 2. The molecule has 2 atom stereocenters. The Labute approximate surface area is 195 Å². The second-order valence-corrected chi connectivity index (χ2v) is 9.01. The molecule has 0 bridgehead atoms. The van der Waals surface area contributed by atoms with Gasteiger partial charge in [0.2, 0.25) is 12.3 Å². The number of amides is 2. The summed E-state index contributed by atoms with van der Waals surface area (Å²) in [5, 5.41) is 2.96. The largest absolute Gasteiger partial charge is 0.334 e. The van der Waals surface area contributed by atoms with Crippen LogP contribution >= 0.6 is 0 Å². The van der Waals surface area contributed by atoms with Crippen LogP contribution in [0.1, 0.15) is 64.0 Å². The fourth-order valence-electron chi connectivity index (χ4n) is 4.08. The minimum Gasteiger partial charge on any atom is -0.334 e. The summed E-state index contributed by atoms with van der Waals surface area (Å²) in [4.78, 5) is 26.0. The lowest BCUT2D eigenvalue weighted by atomic mass is 9.98. The summed E-state index contributed by atoms with van der Waals surface area (Å²) in [5.74, 6) is -0.0530. The number of nitrogens with zero attached hydrogens (tertiary/aromatic N) is 1. The summed E-state index contributed by atoms with van der Waals surface area (Å²) in [6.07, 6.45) is 1.92. The Hall–Kier alpha value is -3.73. The zero-order chi connectivity index (χ0) is 23.5. The van der Waals surface area contributed by atoms with E-state index in [0.717, 1.165) is 22.3 Å². The molecular formula is C28H30N3O2+. The summed E-state index contributed by atoms with van der Waals surface area (Å²) in [6, 6.07) is 22.6. The van der Waals surface area contributed by atoms with E-state index in [1.165, 1.54) is 5.56 Å². The number of rotatable bonds is 5. The fraction of sp³-hybridized carbons (Fsp3) is 0.250. The van der Waals surface area contributed by atoms with E-state index in [2.05, 4.69) is 36.7 Å². The van der Waals surface area contributed by atoms with Gasteiger partial charge in [0.1, 0.15) is 0 Å². The minimum absolute atomic E-state index is 0.239. The van der Waals surface area contributed by atoms with E-state index in [0.29, 0.717) is 11.5 Å². The number of aryl methyl sites for hydroxylation is 2. The molecule has 1 heterocycles. The molecule has 2 amide bonds. The molecule has 1 fully saturated rings. The highest BCUT2D eigenvalue weighted by Crippen LogP contribution is 2.26. The van der Waals surface area contributed by atoms with Gasteiger partial charge < -0.3 is 5.32 Å². The molecule has 0 aromatic heterocycles. The van der Waals surface area contributed by atoms with Gasteiger partial charge in [-0.25, -0.2) is 0 Å². The van der Waals surface area contributed by atoms with Crippen molar-refractivity contribution < 1.29 is 14.3 Å². The molecule has 4 rings (SSSR count). The molecule has 1 saturated heterocycles. The smallest absolute Gasteiger partial charge is 0.304 e. The highest BCUT2D eigenvalue weighted by molar-refractivity contribution is 5.98. The number of hydrazine groups is 1. The average molecular weight is 441 g/mol. The zero-order valence-electron chi connectivity index (χ0n) is 19.5. The Bertz CT molecular complexity index is 1190. The van der Waals surface area contributed by atoms with Crippen molar-refractivity contribution in [3.63, 3.8) is 0 Å². The predicted octanol–water partition coefficient (Wildman–Crippen LogP) is 4.44. The molecule has 0 saturated carbocycles.